The number of nitrogens with one attached hydrogen (secondary N) is 2. The number of hydrogen-bond acceptors (Lipinski definition) is 5. The van der Waals surface area contributed by atoms with Crippen molar-refractivity contribution < 1.29 is 24.2 Å². The zero-order chi connectivity index (χ0) is 15.7. The van der Waals surface area contributed by atoms with Crippen molar-refractivity contribution in [3.05, 3.63) is 12.4 Å². The number of hydrogen-bond donors (Lipinski definition) is 3. The summed E-state index contributed by atoms with van der Waals surface area (Å²) in [5.41, 5.74) is 0.538. The molecule has 9 nitrogen and oxygen atoms in total. The van der Waals surface area contributed by atoms with Gasteiger partial charge in [0.05, 0.1) is 37.6 Å². The largest absolute Gasteiger partial charge is 0.481 e. The first-order valence-corrected chi connectivity index (χ1v) is 6.36. The molecule has 1 rings (SSSR count). The van der Waals surface area contributed by atoms with Gasteiger partial charge >= 0.3 is 12.0 Å². The van der Waals surface area contributed by atoms with E-state index in [0.29, 0.717) is 18.8 Å². The number of urea groups is 1. The molecule has 0 aliphatic carbocycles. The third-order valence-electron chi connectivity index (χ3n) is 2.64. The van der Waals surface area contributed by atoms with Crippen molar-refractivity contribution in [2.45, 2.75) is 19.1 Å². The van der Waals surface area contributed by atoms with Crippen molar-refractivity contribution in [1.82, 2.24) is 15.1 Å². The van der Waals surface area contributed by atoms with Crippen LogP contribution in [0.25, 0.3) is 0 Å². The van der Waals surface area contributed by atoms with Gasteiger partial charge in [0.15, 0.2) is 0 Å². The molecule has 0 radical (unpaired) electrons. The van der Waals surface area contributed by atoms with E-state index in [-0.39, 0.29) is 13.0 Å². The van der Waals surface area contributed by atoms with Crippen molar-refractivity contribution in [2.75, 3.05) is 32.7 Å². The van der Waals surface area contributed by atoms with E-state index in [0.717, 1.165) is 0 Å². The molecule has 1 aromatic heterocycles. The van der Waals surface area contributed by atoms with Crippen LogP contribution in [-0.4, -0.2) is 60.4 Å². The zero-order valence-corrected chi connectivity index (χ0v) is 12.0. The maximum absolute atomic E-state index is 11.7. The molecule has 0 aromatic carbocycles. The molecular formula is C12H20N4O5. The minimum atomic E-state index is -0.983. The number of carbonyl (C=O) groups excluding carboxylic acids is 1. The molecule has 0 saturated heterocycles. The number of amides is 2. The topological polar surface area (TPSA) is 115 Å². The van der Waals surface area contributed by atoms with Crippen LogP contribution in [0.2, 0.25) is 0 Å². The Morgan fingerprint density at radius 1 is 1.48 bits per heavy atom. The fourth-order valence-corrected chi connectivity index (χ4v) is 1.55. The summed E-state index contributed by atoms with van der Waals surface area (Å²) in [4.78, 5) is 22.2. The summed E-state index contributed by atoms with van der Waals surface area (Å²) >= 11 is 0. The first-order valence-electron chi connectivity index (χ1n) is 6.36. The molecule has 118 valence electrons. The Morgan fingerprint density at radius 2 is 2.24 bits per heavy atom. The van der Waals surface area contributed by atoms with Gasteiger partial charge in [-0.15, -0.1) is 0 Å². The molecular weight excluding hydrogens is 280 g/mol. The van der Waals surface area contributed by atoms with Crippen LogP contribution in [0.5, 0.6) is 0 Å². The van der Waals surface area contributed by atoms with E-state index in [2.05, 4.69) is 15.7 Å². The summed E-state index contributed by atoms with van der Waals surface area (Å²) in [5.74, 6) is -0.983. The van der Waals surface area contributed by atoms with Crippen LogP contribution in [0, 0.1) is 0 Å². The lowest BCUT2D eigenvalue weighted by Gasteiger charge is -2.13. The molecule has 3 N–H and O–H groups in total. The summed E-state index contributed by atoms with van der Waals surface area (Å²) < 4.78 is 11.5. The number of rotatable bonds is 9. The number of methoxy groups -OCH3 is 2. The normalized spacial score (nSPS) is 11.9. The Bertz CT molecular complexity index is 462. The van der Waals surface area contributed by atoms with Gasteiger partial charge in [-0.25, -0.2) is 4.79 Å². The van der Waals surface area contributed by atoms with Crippen molar-refractivity contribution >= 4 is 17.7 Å². The summed E-state index contributed by atoms with van der Waals surface area (Å²) in [7, 11) is 2.99. The maximum Gasteiger partial charge on any atom is 0.319 e. The highest BCUT2D eigenvalue weighted by Gasteiger charge is 2.13. The van der Waals surface area contributed by atoms with E-state index in [1.807, 2.05) is 0 Å². The Labute approximate surface area is 122 Å². The van der Waals surface area contributed by atoms with E-state index >= 15 is 0 Å². The molecule has 0 fully saturated rings. The van der Waals surface area contributed by atoms with Gasteiger partial charge in [-0.1, -0.05) is 0 Å². The smallest absolute Gasteiger partial charge is 0.319 e. The fourth-order valence-electron chi connectivity index (χ4n) is 1.55. The number of aromatic nitrogens is 2. The van der Waals surface area contributed by atoms with Gasteiger partial charge in [0.1, 0.15) is 0 Å². The summed E-state index contributed by atoms with van der Waals surface area (Å²) in [6.07, 6.45) is 2.44. The van der Waals surface area contributed by atoms with E-state index in [9.17, 15) is 9.59 Å². The lowest BCUT2D eigenvalue weighted by Crippen LogP contribution is -2.37. The molecule has 1 heterocycles. The summed E-state index contributed by atoms with van der Waals surface area (Å²) in [6.45, 7) is 1.22. The average molecular weight is 300 g/mol. The maximum atomic E-state index is 11.7. The molecule has 0 bridgehead atoms. The molecule has 1 atom stereocenters. The van der Waals surface area contributed by atoms with Crippen LogP contribution in [-0.2, 0) is 20.8 Å². The van der Waals surface area contributed by atoms with Crippen molar-refractivity contribution in [2.24, 2.45) is 0 Å². The highest BCUT2D eigenvalue weighted by molar-refractivity contribution is 5.88. The number of aliphatic carboxylic acids is 1. The van der Waals surface area contributed by atoms with Crippen molar-refractivity contribution in [1.29, 1.82) is 0 Å². The van der Waals surface area contributed by atoms with Gasteiger partial charge in [-0.05, 0) is 0 Å². The molecule has 0 aliphatic rings. The molecule has 0 spiro atoms. The van der Waals surface area contributed by atoms with Crippen LogP contribution in [0.1, 0.15) is 6.42 Å². The van der Waals surface area contributed by atoms with Gasteiger partial charge in [-0.2, -0.15) is 5.10 Å². The number of carbonyl (C=O) groups is 2. The Balaban J connectivity index is 2.35. The predicted molar refractivity (Wildman–Crippen MR) is 74.2 cm³/mol. The number of ether oxygens (including phenoxy) is 2. The number of carboxylic acids is 1. The van der Waals surface area contributed by atoms with E-state index in [1.165, 1.54) is 13.3 Å². The molecule has 1 aromatic rings. The number of anilines is 1. The third kappa shape index (κ3) is 6.72. The molecule has 0 saturated carbocycles. The van der Waals surface area contributed by atoms with Crippen LogP contribution in [0.4, 0.5) is 10.5 Å². The van der Waals surface area contributed by atoms with E-state index in [4.69, 9.17) is 14.6 Å². The number of carboxylic acid groups (broad SMARTS) is 1. The first-order chi connectivity index (χ1) is 10.0. The van der Waals surface area contributed by atoms with Crippen molar-refractivity contribution in [3.8, 4) is 0 Å². The molecule has 1 unspecified atom stereocenters. The summed E-state index contributed by atoms with van der Waals surface area (Å²) in [6, 6.07) is -0.450. The van der Waals surface area contributed by atoms with Gasteiger partial charge in [0.25, 0.3) is 0 Å². The Kier molecular flexibility index (Phi) is 7.19. The first kappa shape index (κ1) is 16.9. The average Bonchev–Trinajstić information content (AvgIpc) is 2.88. The summed E-state index contributed by atoms with van der Waals surface area (Å²) in [5, 5.41) is 17.8. The van der Waals surface area contributed by atoms with Gasteiger partial charge < -0.3 is 25.2 Å². The predicted octanol–water partition coefficient (Wildman–Crippen LogP) is 0.141. The zero-order valence-electron chi connectivity index (χ0n) is 12.0. The fraction of sp³-hybridized carbons (Fsp3) is 0.583. The third-order valence-corrected chi connectivity index (χ3v) is 2.64. The van der Waals surface area contributed by atoms with Gasteiger partial charge in [0, 0.05) is 27.0 Å². The van der Waals surface area contributed by atoms with Crippen LogP contribution in [0.3, 0.4) is 0 Å². The second-order valence-corrected chi connectivity index (χ2v) is 4.28. The Morgan fingerprint density at radius 3 is 2.86 bits per heavy atom. The lowest BCUT2D eigenvalue weighted by atomic mass is 10.2. The second kappa shape index (κ2) is 8.93. The Hall–Kier alpha value is -2.13. The van der Waals surface area contributed by atoms with E-state index in [1.54, 1.807) is 18.0 Å². The highest BCUT2D eigenvalue weighted by atomic mass is 16.5. The van der Waals surface area contributed by atoms with Crippen LogP contribution < -0.4 is 10.6 Å². The van der Waals surface area contributed by atoms with Crippen LogP contribution >= 0.6 is 0 Å². The molecule has 9 heteroatoms. The molecule has 0 aliphatic heterocycles. The second-order valence-electron chi connectivity index (χ2n) is 4.28. The molecule has 21 heavy (non-hydrogen) atoms. The number of nitrogens with zero attached hydrogens (tertiary/aromatic N) is 2. The minimum absolute atomic E-state index is 0.104. The lowest BCUT2D eigenvalue weighted by molar-refractivity contribution is -0.139. The monoisotopic (exact) mass is 300 g/mol. The van der Waals surface area contributed by atoms with E-state index < -0.39 is 18.1 Å². The quantitative estimate of drug-likeness (QED) is 0.597. The minimum Gasteiger partial charge on any atom is -0.481 e. The van der Waals surface area contributed by atoms with Gasteiger partial charge in [-0.3, -0.25) is 9.48 Å². The van der Waals surface area contributed by atoms with Crippen molar-refractivity contribution in [3.63, 3.8) is 0 Å². The van der Waals surface area contributed by atoms with Gasteiger partial charge in [0.2, 0.25) is 0 Å². The molecule has 2 amide bonds. The standard InChI is InChI=1S/C12H20N4O5/c1-20-4-3-16-8-9(6-14-16)15-12(19)13-7-10(21-2)5-11(17)18/h6,8,10H,3-5,7H2,1-2H3,(H,17,18)(H2,13,15,19). The SMILES string of the molecule is COCCn1cc(NC(=O)NCC(CC(=O)O)OC)cn1. The highest BCUT2D eigenvalue weighted by Crippen LogP contribution is 2.04. The van der Waals surface area contributed by atoms with Crippen LogP contribution in [0.15, 0.2) is 12.4 Å².